The summed E-state index contributed by atoms with van der Waals surface area (Å²) in [5.41, 5.74) is 6.88. The van der Waals surface area contributed by atoms with E-state index in [4.69, 9.17) is 5.73 Å². The number of hydrogen-bond donors (Lipinski definition) is 1. The van der Waals surface area contributed by atoms with Gasteiger partial charge in [0.25, 0.3) is 0 Å². The molecule has 1 saturated heterocycles. The molecule has 1 aliphatic rings. The van der Waals surface area contributed by atoms with Crippen LogP contribution in [-0.2, 0) is 11.0 Å². The van der Waals surface area contributed by atoms with E-state index in [1.54, 1.807) is 0 Å². The summed E-state index contributed by atoms with van der Waals surface area (Å²) in [7, 11) is -0.999. The first-order chi connectivity index (χ1) is 8.18. The molecule has 3 nitrogen and oxygen atoms in total. The highest BCUT2D eigenvalue weighted by Gasteiger charge is 2.17. The van der Waals surface area contributed by atoms with Crippen molar-refractivity contribution in [2.45, 2.75) is 37.1 Å². The Bertz CT molecular complexity index is 383. The molecule has 0 aromatic heterocycles. The van der Waals surface area contributed by atoms with Crippen molar-refractivity contribution >= 4 is 11.0 Å². The van der Waals surface area contributed by atoms with Crippen LogP contribution in [-0.4, -0.2) is 21.6 Å². The summed E-state index contributed by atoms with van der Waals surface area (Å²) in [6, 6.07) is 7.85. The van der Waals surface area contributed by atoms with Gasteiger partial charge in [-0.25, -0.2) is 8.51 Å². The van der Waals surface area contributed by atoms with Crippen molar-refractivity contribution in [3.63, 3.8) is 0 Å². The highest BCUT2D eigenvalue weighted by Crippen LogP contribution is 2.18. The monoisotopic (exact) mass is 252 g/mol. The Morgan fingerprint density at radius 2 is 1.76 bits per heavy atom. The van der Waals surface area contributed by atoms with Crippen LogP contribution in [0.15, 0.2) is 29.2 Å². The molecule has 0 radical (unpaired) electrons. The molecule has 94 valence electrons. The number of rotatable bonds is 3. The Balaban J connectivity index is 2.08. The predicted octanol–water partition coefficient (Wildman–Crippen LogP) is 2.21. The maximum Gasteiger partial charge on any atom is 0.127 e. The predicted molar refractivity (Wildman–Crippen MR) is 70.9 cm³/mol. The van der Waals surface area contributed by atoms with E-state index < -0.39 is 11.0 Å². The van der Waals surface area contributed by atoms with Crippen LogP contribution in [0.3, 0.4) is 0 Å². The van der Waals surface area contributed by atoms with Crippen molar-refractivity contribution in [3.8, 4) is 0 Å². The third kappa shape index (κ3) is 3.15. The van der Waals surface area contributed by atoms with Gasteiger partial charge in [0.05, 0.1) is 4.90 Å². The zero-order valence-electron chi connectivity index (χ0n) is 10.3. The van der Waals surface area contributed by atoms with Gasteiger partial charge in [-0.1, -0.05) is 18.6 Å². The molecule has 0 bridgehead atoms. The largest absolute Gasteiger partial charge is 0.324 e. The molecule has 1 aromatic rings. The van der Waals surface area contributed by atoms with Crippen LogP contribution in [0.2, 0.25) is 0 Å². The van der Waals surface area contributed by atoms with Crippen molar-refractivity contribution in [1.29, 1.82) is 0 Å². The Kier molecular flexibility index (Phi) is 4.31. The lowest BCUT2D eigenvalue weighted by Gasteiger charge is -2.25. The minimum absolute atomic E-state index is 0.0347. The molecule has 0 aliphatic carbocycles. The highest BCUT2D eigenvalue weighted by atomic mass is 32.2. The van der Waals surface area contributed by atoms with Crippen LogP contribution in [0, 0.1) is 0 Å². The molecule has 1 fully saturated rings. The zero-order chi connectivity index (χ0) is 12.3. The summed E-state index contributed by atoms with van der Waals surface area (Å²) in [6.07, 6.45) is 3.57. The summed E-state index contributed by atoms with van der Waals surface area (Å²) in [4.78, 5) is 0.885. The summed E-state index contributed by atoms with van der Waals surface area (Å²) >= 11 is 0. The highest BCUT2D eigenvalue weighted by molar-refractivity contribution is 7.82. The van der Waals surface area contributed by atoms with E-state index in [1.165, 1.54) is 6.42 Å². The second-order valence-electron chi connectivity index (χ2n) is 4.60. The van der Waals surface area contributed by atoms with Crippen molar-refractivity contribution in [2.24, 2.45) is 5.73 Å². The van der Waals surface area contributed by atoms with E-state index in [0.717, 1.165) is 36.4 Å². The Labute approximate surface area is 106 Å². The van der Waals surface area contributed by atoms with Gasteiger partial charge < -0.3 is 5.73 Å². The van der Waals surface area contributed by atoms with Gasteiger partial charge in [0.1, 0.15) is 11.0 Å². The standard InChI is InChI=1S/C13H20N2OS/c1-11(14)12-5-7-13(8-6-12)17(16)15-9-3-2-4-10-15/h5-8,11H,2-4,9-10,14H2,1H3. The summed E-state index contributed by atoms with van der Waals surface area (Å²) in [5, 5.41) is 0. The van der Waals surface area contributed by atoms with Crippen LogP contribution >= 0.6 is 0 Å². The van der Waals surface area contributed by atoms with E-state index in [2.05, 4.69) is 4.31 Å². The molecule has 0 amide bonds. The maximum atomic E-state index is 12.3. The lowest BCUT2D eigenvalue weighted by atomic mass is 10.1. The molecule has 4 heteroatoms. The third-order valence-corrected chi connectivity index (χ3v) is 4.67. The molecular formula is C13H20N2OS. The van der Waals surface area contributed by atoms with Gasteiger partial charge in [0.2, 0.25) is 0 Å². The SMILES string of the molecule is CC(N)c1ccc(S(=O)N2CCCCC2)cc1. The second-order valence-corrected chi connectivity index (χ2v) is 6.08. The summed E-state index contributed by atoms with van der Waals surface area (Å²) in [6.45, 7) is 3.85. The molecule has 2 atom stereocenters. The number of nitrogens with zero attached hydrogens (tertiary/aromatic N) is 1. The minimum Gasteiger partial charge on any atom is -0.324 e. The van der Waals surface area contributed by atoms with E-state index in [9.17, 15) is 4.21 Å². The molecule has 2 rings (SSSR count). The average Bonchev–Trinajstić information content (AvgIpc) is 2.39. The quantitative estimate of drug-likeness (QED) is 0.896. The number of benzene rings is 1. The van der Waals surface area contributed by atoms with Gasteiger partial charge in [-0.3, -0.25) is 0 Å². The van der Waals surface area contributed by atoms with Gasteiger partial charge in [0.15, 0.2) is 0 Å². The fraction of sp³-hybridized carbons (Fsp3) is 0.538. The molecule has 2 N–H and O–H groups in total. The smallest absolute Gasteiger partial charge is 0.127 e. The molecule has 2 unspecified atom stereocenters. The maximum absolute atomic E-state index is 12.3. The Morgan fingerprint density at radius 3 is 2.29 bits per heavy atom. The topological polar surface area (TPSA) is 46.3 Å². The molecule has 0 saturated carbocycles. The van der Waals surface area contributed by atoms with Crippen molar-refractivity contribution in [3.05, 3.63) is 29.8 Å². The fourth-order valence-electron chi connectivity index (χ4n) is 2.07. The lowest BCUT2D eigenvalue weighted by molar-refractivity contribution is 0.365. The summed E-state index contributed by atoms with van der Waals surface area (Å²) in [5.74, 6) is 0. The lowest BCUT2D eigenvalue weighted by Crippen LogP contribution is -2.31. The molecule has 1 aromatic carbocycles. The molecule has 0 spiro atoms. The molecule has 17 heavy (non-hydrogen) atoms. The summed E-state index contributed by atoms with van der Waals surface area (Å²) < 4.78 is 14.3. The Hall–Kier alpha value is -0.710. The van der Waals surface area contributed by atoms with Crippen LogP contribution in [0.5, 0.6) is 0 Å². The van der Waals surface area contributed by atoms with E-state index in [0.29, 0.717) is 0 Å². The van der Waals surface area contributed by atoms with Gasteiger partial charge in [-0.05, 0) is 37.5 Å². The van der Waals surface area contributed by atoms with Gasteiger partial charge in [-0.2, -0.15) is 0 Å². The normalized spacial score (nSPS) is 21.1. The average molecular weight is 252 g/mol. The molecule has 1 heterocycles. The number of piperidine rings is 1. The van der Waals surface area contributed by atoms with E-state index in [1.807, 2.05) is 31.2 Å². The Morgan fingerprint density at radius 1 is 1.18 bits per heavy atom. The van der Waals surface area contributed by atoms with Crippen molar-refractivity contribution < 1.29 is 4.21 Å². The van der Waals surface area contributed by atoms with Crippen molar-refractivity contribution in [2.75, 3.05) is 13.1 Å². The van der Waals surface area contributed by atoms with Crippen LogP contribution in [0.25, 0.3) is 0 Å². The van der Waals surface area contributed by atoms with Gasteiger partial charge >= 0.3 is 0 Å². The van der Waals surface area contributed by atoms with Crippen LogP contribution in [0.1, 0.15) is 37.8 Å². The first-order valence-electron chi connectivity index (χ1n) is 6.21. The number of nitrogens with two attached hydrogens (primary N) is 1. The van der Waals surface area contributed by atoms with Crippen LogP contribution in [0.4, 0.5) is 0 Å². The second kappa shape index (κ2) is 5.76. The number of hydrogen-bond acceptors (Lipinski definition) is 2. The zero-order valence-corrected chi connectivity index (χ0v) is 11.1. The first kappa shape index (κ1) is 12.7. The van der Waals surface area contributed by atoms with E-state index >= 15 is 0 Å². The molecule has 1 aliphatic heterocycles. The van der Waals surface area contributed by atoms with E-state index in [-0.39, 0.29) is 6.04 Å². The van der Waals surface area contributed by atoms with Crippen LogP contribution < -0.4 is 5.73 Å². The van der Waals surface area contributed by atoms with Gasteiger partial charge in [0, 0.05) is 19.1 Å². The molecular weight excluding hydrogens is 232 g/mol. The fourth-order valence-corrected chi connectivity index (χ4v) is 3.32. The first-order valence-corrected chi connectivity index (χ1v) is 7.31. The van der Waals surface area contributed by atoms with Gasteiger partial charge in [-0.15, -0.1) is 0 Å². The van der Waals surface area contributed by atoms with Crippen molar-refractivity contribution in [1.82, 2.24) is 4.31 Å². The third-order valence-electron chi connectivity index (χ3n) is 3.16. The minimum atomic E-state index is -0.999.